The number of halogens is 2. The van der Waals surface area contributed by atoms with Gasteiger partial charge in [0, 0.05) is 44.7 Å². The van der Waals surface area contributed by atoms with Crippen LogP contribution in [0.3, 0.4) is 0 Å². The molecule has 7 heteroatoms. The zero-order valence-electron chi connectivity index (χ0n) is 21.2. The summed E-state index contributed by atoms with van der Waals surface area (Å²) in [5, 5.41) is 16.2. The lowest BCUT2D eigenvalue weighted by Gasteiger charge is -2.29. The van der Waals surface area contributed by atoms with Crippen molar-refractivity contribution in [3.8, 4) is 6.07 Å². The first-order valence-corrected chi connectivity index (χ1v) is 14.3. The number of hydrogen-bond acceptors (Lipinski definition) is 3. The van der Waals surface area contributed by atoms with E-state index in [9.17, 15) is 10.1 Å². The van der Waals surface area contributed by atoms with Crippen molar-refractivity contribution in [2.45, 2.75) is 57.5 Å². The van der Waals surface area contributed by atoms with Gasteiger partial charge in [-0.2, -0.15) is 5.26 Å². The molecule has 2 fully saturated rings. The van der Waals surface area contributed by atoms with Crippen LogP contribution in [0.5, 0.6) is 0 Å². The van der Waals surface area contributed by atoms with Crippen molar-refractivity contribution < 1.29 is 4.79 Å². The number of carbonyl (C=O) groups excluding carboxylic acids is 1. The largest absolute Gasteiger partial charge is 0.347 e. The van der Waals surface area contributed by atoms with Crippen LogP contribution in [0.1, 0.15) is 62.2 Å². The normalized spacial score (nSPS) is 20.3. The Labute approximate surface area is 232 Å². The Balaban J connectivity index is 1.37. The van der Waals surface area contributed by atoms with E-state index < -0.39 is 0 Å². The summed E-state index contributed by atoms with van der Waals surface area (Å²) < 4.78 is 2.24. The van der Waals surface area contributed by atoms with Crippen molar-refractivity contribution in [2.75, 3.05) is 0 Å². The van der Waals surface area contributed by atoms with E-state index >= 15 is 0 Å². The zero-order chi connectivity index (χ0) is 26.2. The first-order valence-electron chi connectivity index (χ1n) is 13.5. The van der Waals surface area contributed by atoms with Crippen molar-refractivity contribution in [1.82, 2.24) is 14.9 Å². The topological polar surface area (TPSA) is 70.7 Å². The molecule has 2 saturated carbocycles. The fourth-order valence-corrected chi connectivity index (χ4v) is 6.28. The van der Waals surface area contributed by atoms with Crippen LogP contribution in [0.2, 0.25) is 10.0 Å². The Kier molecular flexibility index (Phi) is 7.03. The third kappa shape index (κ3) is 5.13. The summed E-state index contributed by atoms with van der Waals surface area (Å²) in [6.45, 7) is 0.578. The molecule has 0 spiro atoms. The predicted octanol–water partition coefficient (Wildman–Crippen LogP) is 7.83. The maximum absolute atomic E-state index is 12.9. The van der Waals surface area contributed by atoms with Crippen molar-refractivity contribution >= 4 is 50.9 Å². The average molecular weight is 546 g/mol. The molecule has 0 saturated heterocycles. The number of fused-ring (bicyclic) bond motifs is 3. The van der Waals surface area contributed by atoms with Gasteiger partial charge in [-0.1, -0.05) is 41.4 Å². The average Bonchev–Trinajstić information content (AvgIpc) is 3.75. The highest BCUT2D eigenvalue weighted by Crippen LogP contribution is 2.37. The highest BCUT2D eigenvalue weighted by Gasteiger charge is 2.33. The van der Waals surface area contributed by atoms with Gasteiger partial charge in [0.2, 0.25) is 5.91 Å². The molecule has 2 aromatic carbocycles. The number of aromatic nitrogens is 2. The third-order valence-corrected chi connectivity index (χ3v) is 8.84. The fraction of sp³-hybridized carbons (Fsp3) is 0.387. The second kappa shape index (κ2) is 10.6. The monoisotopic (exact) mass is 544 g/mol. The van der Waals surface area contributed by atoms with E-state index in [1.54, 1.807) is 6.07 Å². The number of amides is 1. The third-order valence-electron chi connectivity index (χ3n) is 8.24. The summed E-state index contributed by atoms with van der Waals surface area (Å²) in [7, 11) is 0. The van der Waals surface area contributed by atoms with Crippen LogP contribution in [0.4, 0.5) is 0 Å². The standard InChI is InChI=1S/C31H30Cl2N4O/c32-23-11-12-26(33)22(14-23)18-37-29-4-2-1-3-24(29)25-15-27(35-17-30(25)37)28(36-31(38)21-9-10-21)13-19-5-7-20(16-34)8-6-19/h1-4,11-12,14-15,17,19-21,28H,5-10,13,18H2,(H,36,38). The number of carbonyl (C=O) groups is 1. The first kappa shape index (κ1) is 25.2. The molecule has 2 aromatic heterocycles. The molecule has 4 aromatic rings. The highest BCUT2D eigenvalue weighted by atomic mass is 35.5. The van der Waals surface area contributed by atoms with Gasteiger partial charge in [0.05, 0.1) is 29.5 Å². The molecule has 1 N–H and O–H groups in total. The molecule has 0 aliphatic heterocycles. The van der Waals surface area contributed by atoms with E-state index in [2.05, 4.69) is 40.2 Å². The van der Waals surface area contributed by atoms with Crippen LogP contribution in [0, 0.1) is 29.1 Å². The molecule has 2 aliphatic rings. The van der Waals surface area contributed by atoms with Crippen LogP contribution in [0.25, 0.3) is 21.8 Å². The molecule has 38 heavy (non-hydrogen) atoms. The van der Waals surface area contributed by atoms with Gasteiger partial charge in [-0.05, 0) is 86.8 Å². The van der Waals surface area contributed by atoms with Crippen molar-refractivity contribution in [2.24, 2.45) is 17.8 Å². The van der Waals surface area contributed by atoms with Gasteiger partial charge < -0.3 is 9.88 Å². The van der Waals surface area contributed by atoms with Crippen molar-refractivity contribution in [1.29, 1.82) is 5.26 Å². The minimum Gasteiger partial charge on any atom is -0.347 e. The number of nitrogens with zero attached hydrogens (tertiary/aromatic N) is 3. The number of para-hydroxylation sites is 1. The van der Waals surface area contributed by atoms with Gasteiger partial charge in [0.1, 0.15) is 0 Å². The van der Waals surface area contributed by atoms with Gasteiger partial charge >= 0.3 is 0 Å². The number of benzene rings is 2. The summed E-state index contributed by atoms with van der Waals surface area (Å²) in [5.41, 5.74) is 3.98. The van der Waals surface area contributed by atoms with Gasteiger partial charge in [-0.3, -0.25) is 9.78 Å². The van der Waals surface area contributed by atoms with Gasteiger partial charge in [0.15, 0.2) is 0 Å². The highest BCUT2D eigenvalue weighted by molar-refractivity contribution is 6.33. The summed E-state index contributed by atoms with van der Waals surface area (Å²) in [6, 6.07) is 18.4. The lowest BCUT2D eigenvalue weighted by molar-refractivity contribution is -0.123. The predicted molar refractivity (Wildman–Crippen MR) is 152 cm³/mol. The van der Waals surface area contributed by atoms with E-state index in [-0.39, 0.29) is 23.8 Å². The van der Waals surface area contributed by atoms with Crippen LogP contribution in [-0.2, 0) is 11.3 Å². The maximum Gasteiger partial charge on any atom is 0.223 e. The molecule has 1 amide bonds. The van der Waals surface area contributed by atoms with Gasteiger partial charge in [0.25, 0.3) is 0 Å². The second-order valence-electron chi connectivity index (χ2n) is 10.9. The Morgan fingerprint density at radius 3 is 2.58 bits per heavy atom. The maximum atomic E-state index is 12.9. The summed E-state index contributed by atoms with van der Waals surface area (Å²) >= 11 is 12.8. The SMILES string of the molecule is N#CC1CCC(CC(NC(=O)C2CC2)c2cc3c4ccccc4n(Cc4cc(Cl)ccc4Cl)c3cn2)CC1. The van der Waals surface area contributed by atoms with Crippen LogP contribution in [0.15, 0.2) is 54.7 Å². The molecular weight excluding hydrogens is 515 g/mol. The second-order valence-corrected chi connectivity index (χ2v) is 11.7. The number of nitrogens with one attached hydrogen (secondary N) is 1. The summed E-state index contributed by atoms with van der Waals surface area (Å²) in [4.78, 5) is 17.8. The molecule has 0 radical (unpaired) electrons. The first-order chi connectivity index (χ1) is 18.5. The molecule has 6 rings (SSSR count). The number of pyridine rings is 1. The summed E-state index contributed by atoms with van der Waals surface area (Å²) in [5.74, 6) is 0.924. The zero-order valence-corrected chi connectivity index (χ0v) is 22.7. The Bertz CT molecular complexity index is 1540. The fourth-order valence-electron chi connectivity index (χ4n) is 5.91. The van der Waals surface area contributed by atoms with Gasteiger partial charge in [-0.15, -0.1) is 0 Å². The van der Waals surface area contributed by atoms with Crippen molar-refractivity contribution in [3.05, 3.63) is 76.0 Å². The van der Waals surface area contributed by atoms with E-state index in [4.69, 9.17) is 28.2 Å². The quantitative estimate of drug-likeness (QED) is 0.257. The minimum atomic E-state index is -0.138. The summed E-state index contributed by atoms with van der Waals surface area (Å²) in [6.07, 6.45) is 8.66. The van der Waals surface area contributed by atoms with Crippen LogP contribution >= 0.6 is 23.2 Å². The van der Waals surface area contributed by atoms with E-state index in [0.717, 1.165) is 78.0 Å². The molecular formula is C31H30Cl2N4O. The smallest absolute Gasteiger partial charge is 0.223 e. The molecule has 0 bridgehead atoms. The molecule has 2 aliphatic carbocycles. The van der Waals surface area contributed by atoms with Crippen LogP contribution < -0.4 is 5.32 Å². The number of hydrogen-bond donors (Lipinski definition) is 1. The molecule has 2 heterocycles. The lowest BCUT2D eigenvalue weighted by Crippen LogP contribution is -2.32. The molecule has 1 atom stereocenters. The molecule has 194 valence electrons. The Morgan fingerprint density at radius 2 is 1.82 bits per heavy atom. The van der Waals surface area contributed by atoms with Crippen molar-refractivity contribution in [3.63, 3.8) is 0 Å². The minimum absolute atomic E-state index is 0.138. The van der Waals surface area contributed by atoms with E-state index in [0.29, 0.717) is 22.5 Å². The molecule has 5 nitrogen and oxygen atoms in total. The Morgan fingerprint density at radius 1 is 1.03 bits per heavy atom. The molecule has 1 unspecified atom stereocenters. The van der Waals surface area contributed by atoms with E-state index in [1.807, 2.05) is 24.4 Å². The van der Waals surface area contributed by atoms with E-state index in [1.165, 1.54) is 0 Å². The van der Waals surface area contributed by atoms with Gasteiger partial charge in [-0.25, -0.2) is 0 Å². The Hall–Kier alpha value is -3.07. The number of rotatable bonds is 7. The lowest BCUT2D eigenvalue weighted by atomic mass is 9.79. The number of nitriles is 1. The van der Waals surface area contributed by atoms with Crippen LogP contribution in [-0.4, -0.2) is 15.5 Å².